The summed E-state index contributed by atoms with van der Waals surface area (Å²) in [6, 6.07) is 3.67. The lowest BCUT2D eigenvalue weighted by Gasteiger charge is -2.32. The number of carbonyl (C=O) groups excluding carboxylic acids is 1. The van der Waals surface area contributed by atoms with Gasteiger partial charge in [-0.3, -0.25) is 4.79 Å². The molecule has 0 bridgehead atoms. The van der Waals surface area contributed by atoms with E-state index in [0.29, 0.717) is 26.3 Å². The van der Waals surface area contributed by atoms with Crippen LogP contribution in [0.2, 0.25) is 0 Å². The Hall–Kier alpha value is -1.63. The van der Waals surface area contributed by atoms with Crippen LogP contribution >= 0.6 is 0 Å². The summed E-state index contributed by atoms with van der Waals surface area (Å²) in [7, 11) is 0. The Morgan fingerprint density at radius 3 is 2.39 bits per heavy atom. The number of hydrogen-bond donors (Lipinski definition) is 1. The Kier molecular flexibility index (Phi) is 5.08. The largest absolute Gasteiger partial charge is 0.379 e. The van der Waals surface area contributed by atoms with Gasteiger partial charge in [-0.2, -0.15) is 10.5 Å². The maximum atomic E-state index is 12.4. The number of nitrogens with two attached hydrogens (primary N) is 1. The summed E-state index contributed by atoms with van der Waals surface area (Å²) in [4.78, 5) is 14.0. The van der Waals surface area contributed by atoms with E-state index in [2.05, 4.69) is 0 Å². The Balaban J connectivity index is 2.75. The van der Waals surface area contributed by atoms with Gasteiger partial charge in [0.1, 0.15) is 0 Å². The Morgan fingerprint density at radius 1 is 1.44 bits per heavy atom. The van der Waals surface area contributed by atoms with E-state index in [1.807, 2.05) is 12.1 Å². The average molecular weight is 250 g/mol. The second-order valence-corrected chi connectivity index (χ2v) is 4.65. The molecule has 0 aromatic heterocycles. The highest BCUT2D eigenvalue weighted by molar-refractivity contribution is 5.83. The number of nitrogens with zero attached hydrogens (tertiary/aromatic N) is 3. The van der Waals surface area contributed by atoms with Crippen molar-refractivity contribution in [2.24, 2.45) is 11.1 Å². The molecule has 1 heterocycles. The maximum Gasteiger partial charge on any atom is 0.232 e. The molecule has 0 aromatic carbocycles. The number of amides is 1. The van der Waals surface area contributed by atoms with E-state index in [1.165, 1.54) is 0 Å². The maximum absolute atomic E-state index is 12.4. The zero-order valence-electron chi connectivity index (χ0n) is 10.6. The predicted molar refractivity (Wildman–Crippen MR) is 63.9 cm³/mol. The third kappa shape index (κ3) is 2.98. The van der Waals surface area contributed by atoms with E-state index in [1.54, 1.807) is 11.8 Å². The van der Waals surface area contributed by atoms with E-state index >= 15 is 0 Å². The minimum Gasteiger partial charge on any atom is -0.379 e. The molecule has 1 aliphatic rings. The van der Waals surface area contributed by atoms with Crippen molar-refractivity contribution in [2.75, 3.05) is 26.3 Å². The summed E-state index contributed by atoms with van der Waals surface area (Å²) < 4.78 is 5.25. The fourth-order valence-electron chi connectivity index (χ4n) is 1.96. The van der Waals surface area contributed by atoms with E-state index in [9.17, 15) is 4.79 Å². The number of carbonyl (C=O) groups is 1. The fraction of sp³-hybridized carbons (Fsp3) is 0.750. The van der Waals surface area contributed by atoms with Crippen LogP contribution in [-0.4, -0.2) is 43.2 Å². The fourth-order valence-corrected chi connectivity index (χ4v) is 1.96. The molecule has 0 radical (unpaired) electrons. The van der Waals surface area contributed by atoms with Crippen LogP contribution in [0.25, 0.3) is 0 Å². The number of nitriles is 2. The van der Waals surface area contributed by atoms with Crippen LogP contribution in [0.1, 0.15) is 19.8 Å². The zero-order valence-corrected chi connectivity index (χ0v) is 10.6. The summed E-state index contributed by atoms with van der Waals surface area (Å²) >= 11 is 0. The van der Waals surface area contributed by atoms with E-state index in [0.717, 1.165) is 0 Å². The molecule has 6 nitrogen and oxygen atoms in total. The molecule has 0 spiro atoms. The van der Waals surface area contributed by atoms with Crippen molar-refractivity contribution >= 4 is 5.91 Å². The van der Waals surface area contributed by atoms with Gasteiger partial charge in [0.2, 0.25) is 5.91 Å². The van der Waals surface area contributed by atoms with Gasteiger partial charge in [-0.15, -0.1) is 0 Å². The molecule has 1 amide bonds. The summed E-state index contributed by atoms with van der Waals surface area (Å²) in [5, 5.41) is 17.2. The highest BCUT2D eigenvalue weighted by atomic mass is 16.5. The van der Waals surface area contributed by atoms with Crippen LogP contribution in [0.4, 0.5) is 0 Å². The van der Waals surface area contributed by atoms with E-state index in [4.69, 9.17) is 21.0 Å². The average Bonchev–Trinajstić information content (AvgIpc) is 2.70. The van der Waals surface area contributed by atoms with Crippen molar-refractivity contribution in [1.29, 1.82) is 10.5 Å². The molecule has 1 saturated heterocycles. The van der Waals surface area contributed by atoms with Crippen LogP contribution in [0, 0.1) is 28.1 Å². The predicted octanol–water partition coefficient (Wildman–Crippen LogP) is 0.00616. The van der Waals surface area contributed by atoms with E-state index < -0.39 is 5.41 Å². The molecular weight excluding hydrogens is 232 g/mol. The van der Waals surface area contributed by atoms with Crippen LogP contribution in [0.5, 0.6) is 0 Å². The second-order valence-electron chi connectivity index (χ2n) is 4.65. The van der Waals surface area contributed by atoms with Gasteiger partial charge in [-0.05, 0) is 6.92 Å². The molecule has 18 heavy (non-hydrogen) atoms. The molecule has 0 aliphatic carbocycles. The summed E-state index contributed by atoms with van der Waals surface area (Å²) in [5.41, 5.74) is 5.16. The van der Waals surface area contributed by atoms with Gasteiger partial charge in [0.25, 0.3) is 0 Å². The van der Waals surface area contributed by atoms with Crippen molar-refractivity contribution in [2.45, 2.75) is 25.8 Å². The monoisotopic (exact) mass is 250 g/mol. The molecule has 0 saturated carbocycles. The molecule has 2 atom stereocenters. The van der Waals surface area contributed by atoms with Gasteiger partial charge < -0.3 is 15.4 Å². The number of rotatable bonds is 5. The van der Waals surface area contributed by atoms with Crippen molar-refractivity contribution < 1.29 is 9.53 Å². The first-order valence-corrected chi connectivity index (χ1v) is 5.93. The summed E-state index contributed by atoms with van der Waals surface area (Å²) in [6.45, 7) is 3.10. The first-order valence-electron chi connectivity index (χ1n) is 5.93. The third-order valence-electron chi connectivity index (χ3n) is 3.28. The number of ether oxygens (including phenoxy) is 1. The Bertz CT molecular complexity index is 367. The zero-order chi connectivity index (χ0) is 13.6. The standard InChI is InChI=1S/C12H18N4O2/c1-12(9-18-8-10(12)15)11(17)16(6-2-4-13)7-3-5-14/h10H,2-3,6-9,15H2,1H3. The van der Waals surface area contributed by atoms with Gasteiger partial charge in [0, 0.05) is 19.1 Å². The summed E-state index contributed by atoms with van der Waals surface area (Å²) in [6.07, 6.45) is 0.507. The molecule has 0 aromatic rings. The molecule has 2 N–H and O–H groups in total. The SMILES string of the molecule is CC1(C(=O)N(CCC#N)CCC#N)COCC1N. The normalized spacial score (nSPS) is 26.3. The second kappa shape index (κ2) is 6.34. The molecule has 2 unspecified atom stereocenters. The smallest absolute Gasteiger partial charge is 0.232 e. The molecule has 6 heteroatoms. The lowest BCUT2D eigenvalue weighted by atomic mass is 9.84. The van der Waals surface area contributed by atoms with Crippen molar-refractivity contribution in [3.63, 3.8) is 0 Å². The lowest BCUT2D eigenvalue weighted by molar-refractivity contribution is -0.141. The van der Waals surface area contributed by atoms with Crippen molar-refractivity contribution in [1.82, 2.24) is 4.90 Å². The molecule has 1 rings (SSSR count). The van der Waals surface area contributed by atoms with Gasteiger partial charge in [-0.25, -0.2) is 0 Å². The quantitative estimate of drug-likeness (QED) is 0.740. The van der Waals surface area contributed by atoms with Crippen molar-refractivity contribution in [3.05, 3.63) is 0 Å². The Morgan fingerprint density at radius 2 is 2.00 bits per heavy atom. The highest BCUT2D eigenvalue weighted by Gasteiger charge is 2.46. The topological polar surface area (TPSA) is 103 Å². The molecule has 1 aliphatic heterocycles. The first-order chi connectivity index (χ1) is 8.56. The third-order valence-corrected chi connectivity index (χ3v) is 3.28. The van der Waals surface area contributed by atoms with Crippen LogP contribution in [-0.2, 0) is 9.53 Å². The van der Waals surface area contributed by atoms with E-state index in [-0.39, 0.29) is 24.8 Å². The summed E-state index contributed by atoms with van der Waals surface area (Å²) in [5.74, 6) is -0.127. The molecular formula is C12H18N4O2. The van der Waals surface area contributed by atoms with Crippen molar-refractivity contribution in [3.8, 4) is 12.1 Å². The van der Waals surface area contributed by atoms with Crippen LogP contribution in [0.3, 0.4) is 0 Å². The minimum absolute atomic E-state index is 0.127. The Labute approximate surface area is 107 Å². The van der Waals surface area contributed by atoms with Gasteiger partial charge >= 0.3 is 0 Å². The first kappa shape index (κ1) is 14.4. The van der Waals surface area contributed by atoms with Gasteiger partial charge in [0.15, 0.2) is 0 Å². The van der Waals surface area contributed by atoms with Crippen LogP contribution in [0.15, 0.2) is 0 Å². The highest BCUT2D eigenvalue weighted by Crippen LogP contribution is 2.29. The van der Waals surface area contributed by atoms with Gasteiger partial charge in [0.05, 0.1) is 43.6 Å². The van der Waals surface area contributed by atoms with Gasteiger partial charge in [-0.1, -0.05) is 0 Å². The lowest BCUT2D eigenvalue weighted by Crippen LogP contribution is -2.51. The molecule has 1 fully saturated rings. The minimum atomic E-state index is -0.745. The molecule has 98 valence electrons. The number of hydrogen-bond acceptors (Lipinski definition) is 5. The van der Waals surface area contributed by atoms with Crippen LogP contribution < -0.4 is 5.73 Å².